The van der Waals surface area contributed by atoms with E-state index in [4.69, 9.17) is 0 Å². The Kier molecular flexibility index (Phi) is 9.04. The minimum absolute atomic E-state index is 0.214. The maximum Gasteiger partial charge on any atom is 0.220 e. The fourth-order valence-corrected chi connectivity index (χ4v) is 6.18. The van der Waals surface area contributed by atoms with Gasteiger partial charge < -0.3 is 10.2 Å². The van der Waals surface area contributed by atoms with Crippen LogP contribution in [0.4, 0.5) is 0 Å². The lowest BCUT2D eigenvalue weighted by Gasteiger charge is -2.35. The van der Waals surface area contributed by atoms with Crippen LogP contribution in [-0.2, 0) is 17.8 Å². The van der Waals surface area contributed by atoms with Gasteiger partial charge in [-0.2, -0.15) is 0 Å². The molecule has 2 saturated heterocycles. The van der Waals surface area contributed by atoms with E-state index in [9.17, 15) is 4.79 Å². The maximum atomic E-state index is 12.5. The molecule has 2 fully saturated rings. The first-order chi connectivity index (χ1) is 18.2. The van der Waals surface area contributed by atoms with Crippen molar-refractivity contribution >= 4 is 5.91 Å². The molecule has 2 aliphatic heterocycles. The SMILES string of the molecule is O=C(CCCc1ccccc1)NC1CCN(CC2CN(Cc3ccccc3)CC2c2ccccc2)CC1. The normalized spacial score (nSPS) is 21.2. The van der Waals surface area contributed by atoms with Crippen molar-refractivity contribution in [1.82, 2.24) is 15.1 Å². The predicted octanol–water partition coefficient (Wildman–Crippen LogP) is 5.51. The quantitative estimate of drug-likeness (QED) is 0.403. The summed E-state index contributed by atoms with van der Waals surface area (Å²) in [5, 5.41) is 3.31. The second kappa shape index (κ2) is 13.0. The van der Waals surface area contributed by atoms with Gasteiger partial charge in [0.1, 0.15) is 0 Å². The number of rotatable bonds is 10. The van der Waals surface area contributed by atoms with Gasteiger partial charge in [0, 0.05) is 57.6 Å². The van der Waals surface area contributed by atoms with Gasteiger partial charge in [-0.05, 0) is 48.3 Å². The number of hydrogen-bond acceptors (Lipinski definition) is 3. The van der Waals surface area contributed by atoms with Gasteiger partial charge in [0.25, 0.3) is 0 Å². The predicted molar refractivity (Wildman–Crippen MR) is 151 cm³/mol. The number of hydrogen-bond donors (Lipinski definition) is 1. The number of carbonyl (C=O) groups excluding carboxylic acids is 1. The van der Waals surface area contributed by atoms with E-state index in [2.05, 4.69) is 100 Å². The van der Waals surface area contributed by atoms with Gasteiger partial charge in [-0.3, -0.25) is 9.69 Å². The van der Waals surface area contributed by atoms with Gasteiger partial charge in [0.2, 0.25) is 5.91 Å². The highest BCUT2D eigenvalue weighted by Gasteiger charge is 2.35. The molecule has 194 valence electrons. The van der Waals surface area contributed by atoms with Crippen LogP contribution < -0.4 is 5.32 Å². The van der Waals surface area contributed by atoms with Crippen molar-refractivity contribution in [2.75, 3.05) is 32.7 Å². The van der Waals surface area contributed by atoms with Gasteiger partial charge in [-0.25, -0.2) is 0 Å². The molecule has 1 amide bonds. The first-order valence-corrected chi connectivity index (χ1v) is 14.1. The monoisotopic (exact) mass is 495 g/mol. The lowest BCUT2D eigenvalue weighted by molar-refractivity contribution is -0.122. The van der Waals surface area contributed by atoms with Crippen molar-refractivity contribution in [2.45, 2.75) is 50.6 Å². The van der Waals surface area contributed by atoms with E-state index in [0.29, 0.717) is 24.3 Å². The number of nitrogens with one attached hydrogen (secondary N) is 1. The Morgan fingerprint density at radius 1 is 0.757 bits per heavy atom. The summed E-state index contributed by atoms with van der Waals surface area (Å²) in [5.74, 6) is 1.42. The summed E-state index contributed by atoms with van der Waals surface area (Å²) in [6.45, 7) is 6.59. The number of piperidine rings is 1. The number of aryl methyl sites for hydroxylation is 1. The van der Waals surface area contributed by atoms with Crippen LogP contribution in [0.2, 0.25) is 0 Å². The van der Waals surface area contributed by atoms with Crippen LogP contribution in [0.3, 0.4) is 0 Å². The van der Waals surface area contributed by atoms with E-state index in [-0.39, 0.29) is 5.91 Å². The summed E-state index contributed by atoms with van der Waals surface area (Å²) in [5.41, 5.74) is 4.18. The molecular weight excluding hydrogens is 454 g/mol. The molecule has 0 spiro atoms. The molecule has 3 aromatic carbocycles. The van der Waals surface area contributed by atoms with Crippen molar-refractivity contribution < 1.29 is 4.79 Å². The molecule has 4 heteroatoms. The van der Waals surface area contributed by atoms with E-state index in [1.54, 1.807) is 0 Å². The van der Waals surface area contributed by atoms with Crippen LogP contribution in [0.1, 0.15) is 48.3 Å². The molecule has 2 heterocycles. The van der Waals surface area contributed by atoms with Crippen molar-refractivity contribution in [3.05, 3.63) is 108 Å². The molecule has 37 heavy (non-hydrogen) atoms. The molecule has 5 rings (SSSR count). The minimum atomic E-state index is 0.214. The molecule has 0 aromatic heterocycles. The number of likely N-dealkylation sites (tertiary alicyclic amines) is 2. The summed E-state index contributed by atoms with van der Waals surface area (Å²) in [7, 11) is 0. The molecule has 4 nitrogen and oxygen atoms in total. The molecule has 1 N–H and O–H groups in total. The largest absolute Gasteiger partial charge is 0.353 e. The van der Waals surface area contributed by atoms with Crippen molar-refractivity contribution in [2.24, 2.45) is 5.92 Å². The molecule has 0 radical (unpaired) electrons. The van der Waals surface area contributed by atoms with E-state index >= 15 is 0 Å². The van der Waals surface area contributed by atoms with Gasteiger partial charge in [-0.15, -0.1) is 0 Å². The Labute approximate surface area is 222 Å². The van der Waals surface area contributed by atoms with Crippen molar-refractivity contribution in [3.63, 3.8) is 0 Å². The number of carbonyl (C=O) groups is 1. The average molecular weight is 496 g/mol. The summed E-state index contributed by atoms with van der Waals surface area (Å²) in [4.78, 5) is 17.8. The first-order valence-electron chi connectivity index (χ1n) is 14.1. The van der Waals surface area contributed by atoms with E-state index in [1.165, 1.54) is 16.7 Å². The first kappa shape index (κ1) is 25.7. The average Bonchev–Trinajstić information content (AvgIpc) is 3.33. The molecule has 0 aliphatic carbocycles. The summed E-state index contributed by atoms with van der Waals surface area (Å²) in [6, 6.07) is 32.7. The van der Waals surface area contributed by atoms with Crippen LogP contribution in [0.5, 0.6) is 0 Å². The highest BCUT2D eigenvalue weighted by atomic mass is 16.1. The Bertz CT molecular complexity index is 1080. The Morgan fingerprint density at radius 2 is 1.38 bits per heavy atom. The standard InChI is InChI=1S/C33H41N3O/c37-33(18-10-15-27-11-4-1-5-12-27)34-31-19-21-35(22-20-31)24-30-25-36(23-28-13-6-2-7-14-28)26-32(30)29-16-8-3-9-17-29/h1-9,11-14,16-17,30-32H,10,15,18-26H2,(H,34,37). The maximum absolute atomic E-state index is 12.5. The van der Waals surface area contributed by atoms with Crippen LogP contribution in [0.25, 0.3) is 0 Å². The third-order valence-electron chi connectivity index (χ3n) is 8.15. The fraction of sp³-hybridized carbons (Fsp3) is 0.424. The smallest absolute Gasteiger partial charge is 0.220 e. The summed E-state index contributed by atoms with van der Waals surface area (Å²) >= 11 is 0. The highest BCUT2D eigenvalue weighted by molar-refractivity contribution is 5.76. The van der Waals surface area contributed by atoms with Crippen LogP contribution >= 0.6 is 0 Å². The lowest BCUT2D eigenvalue weighted by Crippen LogP contribution is -2.46. The molecule has 2 aliphatic rings. The zero-order valence-corrected chi connectivity index (χ0v) is 22.0. The molecule has 0 bridgehead atoms. The van der Waals surface area contributed by atoms with E-state index in [0.717, 1.165) is 65.0 Å². The van der Waals surface area contributed by atoms with Gasteiger partial charge in [0.15, 0.2) is 0 Å². The third kappa shape index (κ3) is 7.53. The zero-order valence-electron chi connectivity index (χ0n) is 22.0. The summed E-state index contributed by atoms with van der Waals surface area (Å²) in [6.07, 6.45) is 4.61. The van der Waals surface area contributed by atoms with Crippen molar-refractivity contribution in [1.29, 1.82) is 0 Å². The Balaban J connectivity index is 1.09. The highest BCUT2D eigenvalue weighted by Crippen LogP contribution is 2.34. The minimum Gasteiger partial charge on any atom is -0.353 e. The fourth-order valence-electron chi connectivity index (χ4n) is 6.18. The number of nitrogens with zero attached hydrogens (tertiary/aromatic N) is 2. The second-order valence-electron chi connectivity index (χ2n) is 10.9. The molecule has 0 saturated carbocycles. The molecule has 3 aromatic rings. The van der Waals surface area contributed by atoms with Gasteiger partial charge >= 0.3 is 0 Å². The molecule has 2 unspecified atom stereocenters. The Hall–Kier alpha value is -2.95. The van der Waals surface area contributed by atoms with Gasteiger partial charge in [-0.1, -0.05) is 91.0 Å². The van der Waals surface area contributed by atoms with Crippen LogP contribution in [0, 0.1) is 5.92 Å². The Morgan fingerprint density at radius 3 is 2.05 bits per heavy atom. The van der Waals surface area contributed by atoms with Gasteiger partial charge in [0.05, 0.1) is 0 Å². The van der Waals surface area contributed by atoms with Crippen LogP contribution in [-0.4, -0.2) is 54.5 Å². The van der Waals surface area contributed by atoms with Crippen molar-refractivity contribution in [3.8, 4) is 0 Å². The molecular formula is C33H41N3O. The second-order valence-corrected chi connectivity index (χ2v) is 10.9. The zero-order chi connectivity index (χ0) is 25.3. The number of amides is 1. The topological polar surface area (TPSA) is 35.6 Å². The lowest BCUT2D eigenvalue weighted by atomic mass is 9.88. The van der Waals surface area contributed by atoms with Crippen LogP contribution in [0.15, 0.2) is 91.0 Å². The molecule has 2 atom stereocenters. The van der Waals surface area contributed by atoms with E-state index in [1.807, 2.05) is 6.07 Å². The third-order valence-corrected chi connectivity index (χ3v) is 8.15. The number of benzene rings is 3. The summed E-state index contributed by atoms with van der Waals surface area (Å²) < 4.78 is 0. The van der Waals surface area contributed by atoms with E-state index < -0.39 is 0 Å².